The standard InChI is InChI=1S/C14H18ClN3O2/c1-8(15)9-5-6-10(20-9)13(19)16-12-7-11(17-18-12)14(2,3)4/h5-8H,1-4H3,(H2,16,17,18,19). The third kappa shape index (κ3) is 3.22. The first-order chi connectivity index (χ1) is 9.27. The number of hydrogen-bond donors (Lipinski definition) is 2. The molecule has 0 saturated heterocycles. The number of alkyl halides is 1. The molecule has 0 aliphatic rings. The summed E-state index contributed by atoms with van der Waals surface area (Å²) in [5.41, 5.74) is 0.893. The normalized spacial score (nSPS) is 13.2. The van der Waals surface area contributed by atoms with Crippen molar-refractivity contribution in [1.29, 1.82) is 0 Å². The van der Waals surface area contributed by atoms with Crippen molar-refractivity contribution in [2.24, 2.45) is 0 Å². The Morgan fingerprint density at radius 2 is 2.15 bits per heavy atom. The molecule has 0 spiro atoms. The van der Waals surface area contributed by atoms with Gasteiger partial charge in [-0.2, -0.15) is 5.10 Å². The van der Waals surface area contributed by atoms with E-state index in [-0.39, 0.29) is 22.5 Å². The molecule has 20 heavy (non-hydrogen) atoms. The van der Waals surface area contributed by atoms with E-state index in [9.17, 15) is 4.79 Å². The Bertz CT molecular complexity index is 608. The summed E-state index contributed by atoms with van der Waals surface area (Å²) in [5, 5.41) is 9.39. The Hall–Kier alpha value is -1.75. The van der Waals surface area contributed by atoms with E-state index in [1.165, 1.54) is 0 Å². The highest BCUT2D eigenvalue weighted by Crippen LogP contribution is 2.24. The lowest BCUT2D eigenvalue weighted by molar-refractivity contribution is 0.0994. The summed E-state index contributed by atoms with van der Waals surface area (Å²) >= 11 is 5.89. The van der Waals surface area contributed by atoms with Gasteiger partial charge < -0.3 is 9.73 Å². The minimum absolute atomic E-state index is 0.0537. The molecule has 2 heterocycles. The summed E-state index contributed by atoms with van der Waals surface area (Å²) in [6.07, 6.45) is 0. The number of H-pyrrole nitrogens is 1. The maximum absolute atomic E-state index is 12.0. The smallest absolute Gasteiger partial charge is 0.292 e. The summed E-state index contributed by atoms with van der Waals surface area (Å²) < 4.78 is 5.37. The quantitative estimate of drug-likeness (QED) is 0.845. The van der Waals surface area contributed by atoms with Gasteiger partial charge in [0.25, 0.3) is 5.91 Å². The van der Waals surface area contributed by atoms with Gasteiger partial charge in [-0.1, -0.05) is 20.8 Å². The second-order valence-electron chi connectivity index (χ2n) is 5.69. The number of carbonyl (C=O) groups is 1. The number of amides is 1. The van der Waals surface area contributed by atoms with Crippen LogP contribution in [0, 0.1) is 0 Å². The predicted octanol–water partition coefficient (Wildman–Crippen LogP) is 3.85. The first-order valence-corrected chi connectivity index (χ1v) is 6.82. The first kappa shape index (κ1) is 14.7. The number of carbonyl (C=O) groups excluding carboxylic acids is 1. The zero-order valence-corrected chi connectivity index (χ0v) is 12.7. The highest BCUT2D eigenvalue weighted by molar-refractivity contribution is 6.20. The molecular weight excluding hydrogens is 278 g/mol. The van der Waals surface area contributed by atoms with Gasteiger partial charge in [-0.3, -0.25) is 9.89 Å². The van der Waals surface area contributed by atoms with Crippen LogP contribution in [0.5, 0.6) is 0 Å². The Morgan fingerprint density at radius 1 is 1.45 bits per heavy atom. The van der Waals surface area contributed by atoms with Crippen molar-refractivity contribution < 1.29 is 9.21 Å². The van der Waals surface area contributed by atoms with Gasteiger partial charge in [0, 0.05) is 17.2 Å². The Kier molecular flexibility index (Phi) is 3.90. The van der Waals surface area contributed by atoms with E-state index in [1.807, 2.05) is 6.07 Å². The fraction of sp³-hybridized carbons (Fsp3) is 0.429. The van der Waals surface area contributed by atoms with Crippen molar-refractivity contribution in [1.82, 2.24) is 10.2 Å². The molecule has 5 nitrogen and oxygen atoms in total. The van der Waals surface area contributed by atoms with Gasteiger partial charge in [0.2, 0.25) is 0 Å². The molecule has 6 heteroatoms. The Morgan fingerprint density at radius 3 is 2.65 bits per heavy atom. The third-order valence-electron chi connectivity index (χ3n) is 2.87. The molecule has 1 amide bonds. The Labute approximate surface area is 122 Å². The third-order valence-corrected chi connectivity index (χ3v) is 3.09. The molecule has 2 N–H and O–H groups in total. The van der Waals surface area contributed by atoms with Crippen LogP contribution < -0.4 is 5.32 Å². The molecule has 2 aromatic rings. The SMILES string of the molecule is CC(Cl)c1ccc(C(=O)Nc2cc(C(C)(C)C)[nH]n2)o1. The monoisotopic (exact) mass is 295 g/mol. The highest BCUT2D eigenvalue weighted by atomic mass is 35.5. The molecule has 2 aromatic heterocycles. The van der Waals surface area contributed by atoms with Crippen LogP contribution in [0.15, 0.2) is 22.6 Å². The minimum Gasteiger partial charge on any atom is -0.454 e. The Balaban J connectivity index is 2.09. The number of halogens is 1. The van der Waals surface area contributed by atoms with Crippen molar-refractivity contribution in [3.63, 3.8) is 0 Å². The molecule has 0 aromatic carbocycles. The molecule has 1 atom stereocenters. The molecule has 0 bridgehead atoms. The van der Waals surface area contributed by atoms with Gasteiger partial charge in [-0.15, -0.1) is 11.6 Å². The molecule has 0 radical (unpaired) electrons. The molecule has 0 aliphatic heterocycles. The lowest BCUT2D eigenvalue weighted by atomic mass is 9.92. The molecule has 1 unspecified atom stereocenters. The van der Waals surface area contributed by atoms with Gasteiger partial charge in [0.1, 0.15) is 5.76 Å². The number of aromatic nitrogens is 2. The van der Waals surface area contributed by atoms with Crippen LogP contribution in [0.3, 0.4) is 0 Å². The zero-order chi connectivity index (χ0) is 14.9. The van der Waals surface area contributed by atoms with Crippen LogP contribution in [0.4, 0.5) is 5.82 Å². The van der Waals surface area contributed by atoms with E-state index in [0.717, 1.165) is 5.69 Å². The van der Waals surface area contributed by atoms with E-state index < -0.39 is 0 Å². The lowest BCUT2D eigenvalue weighted by Crippen LogP contribution is -2.12. The average Bonchev–Trinajstić information content (AvgIpc) is 2.95. The van der Waals surface area contributed by atoms with Crippen LogP contribution >= 0.6 is 11.6 Å². The molecule has 2 rings (SSSR count). The van der Waals surface area contributed by atoms with Crippen LogP contribution in [0.25, 0.3) is 0 Å². The lowest BCUT2D eigenvalue weighted by Gasteiger charge is -2.14. The van der Waals surface area contributed by atoms with Gasteiger partial charge in [-0.05, 0) is 19.1 Å². The molecular formula is C14H18ClN3O2. The number of hydrogen-bond acceptors (Lipinski definition) is 3. The van der Waals surface area contributed by atoms with Gasteiger partial charge in [-0.25, -0.2) is 0 Å². The molecule has 0 fully saturated rings. The summed E-state index contributed by atoms with van der Waals surface area (Å²) in [7, 11) is 0. The van der Waals surface area contributed by atoms with Crippen molar-refractivity contribution in [3.05, 3.63) is 35.4 Å². The minimum atomic E-state index is -0.347. The van der Waals surface area contributed by atoms with Gasteiger partial charge in [0.05, 0.1) is 5.38 Å². The van der Waals surface area contributed by atoms with Crippen LogP contribution in [0.2, 0.25) is 0 Å². The van der Waals surface area contributed by atoms with E-state index in [1.54, 1.807) is 19.1 Å². The summed E-state index contributed by atoms with van der Waals surface area (Å²) in [6, 6.07) is 5.10. The van der Waals surface area contributed by atoms with Gasteiger partial charge in [0.15, 0.2) is 11.6 Å². The molecule has 0 aliphatic carbocycles. The number of anilines is 1. The van der Waals surface area contributed by atoms with Crippen LogP contribution in [-0.4, -0.2) is 16.1 Å². The van der Waals surface area contributed by atoms with Crippen molar-refractivity contribution in [2.75, 3.05) is 5.32 Å². The second-order valence-corrected chi connectivity index (χ2v) is 6.34. The number of aromatic amines is 1. The van der Waals surface area contributed by atoms with Crippen molar-refractivity contribution in [3.8, 4) is 0 Å². The van der Waals surface area contributed by atoms with Crippen LogP contribution in [0.1, 0.15) is 55.1 Å². The van der Waals surface area contributed by atoms with E-state index in [4.69, 9.17) is 16.0 Å². The number of furan rings is 1. The van der Waals surface area contributed by atoms with E-state index >= 15 is 0 Å². The van der Waals surface area contributed by atoms with E-state index in [0.29, 0.717) is 11.6 Å². The topological polar surface area (TPSA) is 70.9 Å². The summed E-state index contributed by atoms with van der Waals surface area (Å²) in [4.78, 5) is 12.0. The second kappa shape index (κ2) is 5.32. The number of rotatable bonds is 3. The predicted molar refractivity (Wildman–Crippen MR) is 78.2 cm³/mol. The van der Waals surface area contributed by atoms with Crippen molar-refractivity contribution >= 4 is 23.3 Å². The fourth-order valence-corrected chi connectivity index (χ4v) is 1.75. The number of nitrogens with one attached hydrogen (secondary N) is 2. The largest absolute Gasteiger partial charge is 0.454 e. The zero-order valence-electron chi connectivity index (χ0n) is 12.0. The van der Waals surface area contributed by atoms with E-state index in [2.05, 4.69) is 36.3 Å². The van der Waals surface area contributed by atoms with Gasteiger partial charge >= 0.3 is 0 Å². The number of nitrogens with zero attached hydrogens (tertiary/aromatic N) is 1. The molecule has 0 saturated carbocycles. The fourth-order valence-electron chi connectivity index (χ4n) is 1.64. The maximum Gasteiger partial charge on any atom is 0.292 e. The maximum atomic E-state index is 12.0. The van der Waals surface area contributed by atoms with Crippen molar-refractivity contribution in [2.45, 2.75) is 38.5 Å². The van der Waals surface area contributed by atoms with Crippen LogP contribution in [-0.2, 0) is 5.41 Å². The molecule has 108 valence electrons. The average molecular weight is 296 g/mol. The summed E-state index contributed by atoms with van der Waals surface area (Å²) in [5.74, 6) is 0.902. The summed E-state index contributed by atoms with van der Waals surface area (Å²) in [6.45, 7) is 7.97. The highest BCUT2D eigenvalue weighted by Gasteiger charge is 2.19. The first-order valence-electron chi connectivity index (χ1n) is 6.38.